The smallest absolute Gasteiger partial charge is 0.122 e. The van der Waals surface area contributed by atoms with Crippen LogP contribution in [0.25, 0.3) is 0 Å². The van der Waals surface area contributed by atoms with Crippen LogP contribution in [0, 0.1) is 5.92 Å². The maximum atomic E-state index is 9.88. The Morgan fingerprint density at radius 1 is 1.15 bits per heavy atom. The number of aliphatic hydroxyl groups is 2. The van der Waals surface area contributed by atoms with Gasteiger partial charge >= 0.3 is 0 Å². The molecule has 2 aliphatic rings. The van der Waals surface area contributed by atoms with E-state index in [-0.39, 0.29) is 12.7 Å². The van der Waals surface area contributed by atoms with Crippen molar-refractivity contribution in [1.29, 1.82) is 0 Å². The van der Waals surface area contributed by atoms with Crippen molar-refractivity contribution in [2.24, 2.45) is 5.92 Å². The molecule has 0 radical (unpaired) electrons. The third kappa shape index (κ3) is 5.03. The van der Waals surface area contributed by atoms with Crippen molar-refractivity contribution in [2.45, 2.75) is 70.3 Å². The third-order valence-corrected chi connectivity index (χ3v) is 6.35. The maximum absolute atomic E-state index is 9.88. The van der Waals surface area contributed by atoms with Gasteiger partial charge in [-0.1, -0.05) is 42.4 Å². The van der Waals surface area contributed by atoms with Crippen LogP contribution >= 0.6 is 0 Å². The summed E-state index contributed by atoms with van der Waals surface area (Å²) in [7, 11) is 1.69. The summed E-state index contributed by atoms with van der Waals surface area (Å²) in [6.45, 7) is 2.49. The first-order chi connectivity index (χ1) is 13.1. The number of methoxy groups -OCH3 is 1. The molecule has 3 atom stereocenters. The number of benzene rings is 1. The van der Waals surface area contributed by atoms with Crippen LogP contribution in [0.2, 0.25) is 0 Å². The lowest BCUT2D eigenvalue weighted by molar-refractivity contribution is 0.149. The molecule has 2 aliphatic carbocycles. The molecule has 0 amide bonds. The van der Waals surface area contributed by atoms with E-state index < -0.39 is 0 Å². The number of rotatable bonds is 5. The topological polar surface area (TPSA) is 49.7 Å². The molecule has 27 heavy (non-hydrogen) atoms. The van der Waals surface area contributed by atoms with Crippen LogP contribution in [0.15, 0.2) is 41.5 Å². The highest BCUT2D eigenvalue weighted by molar-refractivity contribution is 5.40. The van der Waals surface area contributed by atoms with Gasteiger partial charge in [0.05, 0.1) is 13.2 Å². The zero-order valence-electron chi connectivity index (χ0n) is 16.8. The Balaban J connectivity index is 1.78. The van der Waals surface area contributed by atoms with Crippen molar-refractivity contribution < 1.29 is 14.9 Å². The summed E-state index contributed by atoms with van der Waals surface area (Å²) in [5, 5.41) is 19.2. The van der Waals surface area contributed by atoms with E-state index in [1.165, 1.54) is 36.0 Å². The monoisotopic (exact) mass is 370 g/mol. The largest absolute Gasteiger partial charge is 0.496 e. The van der Waals surface area contributed by atoms with Crippen LogP contribution in [-0.4, -0.2) is 30.0 Å². The summed E-state index contributed by atoms with van der Waals surface area (Å²) in [5.41, 5.74) is 5.38. The maximum Gasteiger partial charge on any atom is 0.122 e. The number of hydrogen-bond acceptors (Lipinski definition) is 3. The number of aliphatic hydroxyl groups excluding tert-OH is 2. The van der Waals surface area contributed by atoms with Gasteiger partial charge in [-0.3, -0.25) is 0 Å². The molecule has 0 aliphatic heterocycles. The first kappa shape index (κ1) is 20.2. The fraction of sp³-hybridized carbons (Fsp3) is 0.583. The van der Waals surface area contributed by atoms with E-state index in [0.29, 0.717) is 18.3 Å². The van der Waals surface area contributed by atoms with Crippen molar-refractivity contribution in [3.8, 4) is 5.75 Å². The number of ether oxygens (including phenoxy) is 1. The van der Waals surface area contributed by atoms with Crippen LogP contribution < -0.4 is 4.74 Å². The van der Waals surface area contributed by atoms with E-state index in [1.807, 2.05) is 0 Å². The van der Waals surface area contributed by atoms with Gasteiger partial charge in [0.25, 0.3) is 0 Å². The molecule has 2 fully saturated rings. The Hall–Kier alpha value is -1.58. The SMILES string of the molecule is COc1ccc([C@H]2CCC/C(=C\C=C3\CCC[C@H](O)C3)[C@@H]2C)cc1CCO. The van der Waals surface area contributed by atoms with Crippen LogP contribution in [0.1, 0.15) is 68.9 Å². The lowest BCUT2D eigenvalue weighted by Crippen LogP contribution is -2.18. The minimum Gasteiger partial charge on any atom is -0.496 e. The van der Waals surface area contributed by atoms with E-state index in [2.05, 4.69) is 37.3 Å². The molecule has 2 saturated carbocycles. The minimum atomic E-state index is -0.149. The van der Waals surface area contributed by atoms with Crippen molar-refractivity contribution in [3.63, 3.8) is 0 Å². The second-order valence-corrected chi connectivity index (χ2v) is 8.15. The second-order valence-electron chi connectivity index (χ2n) is 8.15. The van der Waals surface area contributed by atoms with Gasteiger partial charge in [0, 0.05) is 6.61 Å². The molecular weight excluding hydrogens is 336 g/mol. The average Bonchev–Trinajstić information content (AvgIpc) is 2.67. The first-order valence-corrected chi connectivity index (χ1v) is 10.5. The molecule has 3 nitrogen and oxygen atoms in total. The molecule has 1 aromatic rings. The van der Waals surface area contributed by atoms with Crippen molar-refractivity contribution in [1.82, 2.24) is 0 Å². The average molecular weight is 371 g/mol. The fourth-order valence-electron chi connectivity index (χ4n) is 4.75. The highest BCUT2D eigenvalue weighted by atomic mass is 16.5. The Morgan fingerprint density at radius 3 is 2.70 bits per heavy atom. The Bertz CT molecular complexity index is 689. The quantitative estimate of drug-likeness (QED) is 0.773. The molecule has 1 aromatic carbocycles. The summed E-state index contributed by atoms with van der Waals surface area (Å²) >= 11 is 0. The molecular formula is C24H34O3. The van der Waals surface area contributed by atoms with Crippen LogP contribution in [-0.2, 0) is 6.42 Å². The molecule has 3 rings (SSSR count). The van der Waals surface area contributed by atoms with Gasteiger partial charge in [0.15, 0.2) is 0 Å². The molecule has 0 spiro atoms. The van der Waals surface area contributed by atoms with Gasteiger partial charge in [-0.05, 0) is 80.4 Å². The molecule has 0 bridgehead atoms. The van der Waals surface area contributed by atoms with Crippen LogP contribution in [0.5, 0.6) is 5.75 Å². The van der Waals surface area contributed by atoms with Gasteiger partial charge < -0.3 is 14.9 Å². The van der Waals surface area contributed by atoms with Crippen molar-refractivity contribution >= 4 is 0 Å². The second kappa shape index (κ2) is 9.57. The van der Waals surface area contributed by atoms with Gasteiger partial charge in [-0.2, -0.15) is 0 Å². The van der Waals surface area contributed by atoms with E-state index >= 15 is 0 Å². The zero-order valence-corrected chi connectivity index (χ0v) is 16.8. The predicted octanol–water partition coefficient (Wildman–Crippen LogP) is 4.92. The Kier molecular flexibility index (Phi) is 7.14. The van der Waals surface area contributed by atoms with Gasteiger partial charge in [-0.15, -0.1) is 0 Å². The number of hydrogen-bond donors (Lipinski definition) is 2. The van der Waals surface area contributed by atoms with Gasteiger partial charge in [-0.25, -0.2) is 0 Å². The highest BCUT2D eigenvalue weighted by Crippen LogP contribution is 2.42. The molecule has 2 N–H and O–H groups in total. The lowest BCUT2D eigenvalue weighted by atomic mass is 9.73. The summed E-state index contributed by atoms with van der Waals surface area (Å²) < 4.78 is 5.45. The minimum absolute atomic E-state index is 0.143. The Labute approximate surface area is 163 Å². The number of allylic oxidation sites excluding steroid dienone is 3. The highest BCUT2D eigenvalue weighted by Gasteiger charge is 2.27. The third-order valence-electron chi connectivity index (χ3n) is 6.35. The summed E-state index contributed by atoms with van der Waals surface area (Å²) in [6, 6.07) is 6.48. The Morgan fingerprint density at radius 2 is 1.96 bits per heavy atom. The summed E-state index contributed by atoms with van der Waals surface area (Å²) in [4.78, 5) is 0. The molecule has 0 saturated heterocycles. The molecule has 0 aromatic heterocycles. The van der Waals surface area contributed by atoms with Crippen LogP contribution in [0.3, 0.4) is 0 Å². The van der Waals surface area contributed by atoms with Crippen molar-refractivity contribution in [2.75, 3.05) is 13.7 Å². The van der Waals surface area contributed by atoms with Crippen molar-refractivity contribution in [3.05, 3.63) is 52.6 Å². The van der Waals surface area contributed by atoms with Crippen LogP contribution in [0.4, 0.5) is 0 Å². The summed E-state index contributed by atoms with van der Waals surface area (Å²) in [5.74, 6) is 1.90. The van der Waals surface area contributed by atoms with E-state index in [1.54, 1.807) is 7.11 Å². The first-order valence-electron chi connectivity index (χ1n) is 10.5. The predicted molar refractivity (Wildman–Crippen MR) is 110 cm³/mol. The molecule has 0 unspecified atom stereocenters. The van der Waals surface area contributed by atoms with E-state index in [0.717, 1.165) is 37.0 Å². The summed E-state index contributed by atoms with van der Waals surface area (Å²) in [6.07, 6.45) is 12.7. The van der Waals surface area contributed by atoms with E-state index in [9.17, 15) is 10.2 Å². The molecule has 3 heteroatoms. The standard InChI is InChI=1S/C24H34O3/c1-17-19(10-9-18-5-3-7-22(26)15-18)6-4-8-23(17)20-11-12-24(27-2)21(16-20)13-14-25/h9-12,16-17,22-23,25-26H,3-8,13-15H2,1-2H3/b18-9-,19-10+/t17-,22-,23-/m0/s1. The molecule has 0 heterocycles. The van der Waals surface area contributed by atoms with E-state index in [4.69, 9.17) is 4.74 Å². The van der Waals surface area contributed by atoms with Gasteiger partial charge in [0.1, 0.15) is 5.75 Å². The molecule has 148 valence electrons. The zero-order chi connectivity index (χ0) is 19.2. The van der Waals surface area contributed by atoms with Gasteiger partial charge in [0.2, 0.25) is 0 Å². The normalized spacial score (nSPS) is 29.3. The lowest BCUT2D eigenvalue weighted by Gasteiger charge is -2.32. The fourth-order valence-corrected chi connectivity index (χ4v) is 4.75.